The van der Waals surface area contributed by atoms with E-state index in [2.05, 4.69) is 36.2 Å². The topological polar surface area (TPSA) is 3.24 Å². The first-order valence-corrected chi connectivity index (χ1v) is 6.21. The molecule has 0 aliphatic carbocycles. The van der Waals surface area contributed by atoms with Crippen molar-refractivity contribution in [2.24, 2.45) is 0 Å². The van der Waals surface area contributed by atoms with Crippen molar-refractivity contribution in [2.45, 2.75) is 13.0 Å². The summed E-state index contributed by atoms with van der Waals surface area (Å²) >= 11 is 0. The van der Waals surface area contributed by atoms with E-state index in [4.69, 9.17) is 0 Å². The van der Waals surface area contributed by atoms with Crippen LogP contribution in [0.4, 0.5) is 4.39 Å². The molecule has 0 heterocycles. The van der Waals surface area contributed by atoms with Crippen LogP contribution < -0.4 is 0 Å². The van der Waals surface area contributed by atoms with Gasteiger partial charge in [0.05, 0.1) is 0 Å². The average molecular weight is 243 g/mol. The highest BCUT2D eigenvalue weighted by Crippen LogP contribution is 2.06. The Bertz CT molecular complexity index is 464. The maximum Gasteiger partial charge on any atom is 0.123 e. The molecule has 0 spiro atoms. The summed E-state index contributed by atoms with van der Waals surface area (Å²) in [6.07, 6.45) is 0.948. The Morgan fingerprint density at radius 3 is 2.22 bits per heavy atom. The fraction of sp³-hybridized carbons (Fsp3) is 0.250. The summed E-state index contributed by atoms with van der Waals surface area (Å²) in [5, 5.41) is 0. The summed E-state index contributed by atoms with van der Waals surface area (Å²) in [7, 11) is 2.11. The van der Waals surface area contributed by atoms with Gasteiger partial charge in [0, 0.05) is 13.1 Å². The van der Waals surface area contributed by atoms with Gasteiger partial charge in [-0.2, -0.15) is 0 Å². The molecule has 0 radical (unpaired) electrons. The lowest BCUT2D eigenvalue weighted by Gasteiger charge is -2.16. The van der Waals surface area contributed by atoms with Crippen LogP contribution in [0, 0.1) is 5.82 Å². The molecule has 18 heavy (non-hydrogen) atoms. The van der Waals surface area contributed by atoms with Crippen LogP contribution in [0.5, 0.6) is 0 Å². The lowest BCUT2D eigenvalue weighted by atomic mass is 10.1. The number of nitrogens with zero attached hydrogens (tertiary/aromatic N) is 1. The summed E-state index contributed by atoms with van der Waals surface area (Å²) in [6.45, 7) is 1.92. The highest BCUT2D eigenvalue weighted by molar-refractivity contribution is 5.17. The van der Waals surface area contributed by atoms with E-state index in [-0.39, 0.29) is 5.82 Å². The Morgan fingerprint density at radius 2 is 1.56 bits per heavy atom. The second-order valence-corrected chi connectivity index (χ2v) is 4.60. The van der Waals surface area contributed by atoms with Gasteiger partial charge in [0.25, 0.3) is 0 Å². The third kappa shape index (κ3) is 3.97. The lowest BCUT2D eigenvalue weighted by molar-refractivity contribution is 0.331. The molecule has 0 bridgehead atoms. The smallest absolute Gasteiger partial charge is 0.123 e. The maximum absolute atomic E-state index is 12.8. The van der Waals surface area contributed by atoms with Crippen LogP contribution in [0.1, 0.15) is 11.1 Å². The van der Waals surface area contributed by atoms with Crippen molar-refractivity contribution < 1.29 is 4.39 Å². The number of rotatable bonds is 5. The van der Waals surface area contributed by atoms with E-state index in [9.17, 15) is 4.39 Å². The molecule has 0 saturated carbocycles. The Hall–Kier alpha value is -1.67. The molecular formula is C16H18FN. The quantitative estimate of drug-likeness (QED) is 0.777. The number of hydrogen-bond donors (Lipinski definition) is 0. The molecule has 0 aliphatic heterocycles. The fourth-order valence-electron chi connectivity index (χ4n) is 1.95. The van der Waals surface area contributed by atoms with Crippen LogP contribution in [0.2, 0.25) is 0 Å². The Balaban J connectivity index is 1.81. The Morgan fingerprint density at radius 1 is 0.889 bits per heavy atom. The molecule has 0 amide bonds. The fourth-order valence-corrected chi connectivity index (χ4v) is 1.95. The van der Waals surface area contributed by atoms with Crippen molar-refractivity contribution in [3.63, 3.8) is 0 Å². The zero-order chi connectivity index (χ0) is 12.8. The van der Waals surface area contributed by atoms with E-state index >= 15 is 0 Å². The monoisotopic (exact) mass is 243 g/mol. The van der Waals surface area contributed by atoms with Crippen molar-refractivity contribution in [1.29, 1.82) is 0 Å². The molecule has 2 heteroatoms. The average Bonchev–Trinajstić information content (AvgIpc) is 2.39. The first kappa shape index (κ1) is 12.8. The predicted molar refractivity (Wildman–Crippen MR) is 72.9 cm³/mol. The highest BCUT2D eigenvalue weighted by atomic mass is 19.1. The van der Waals surface area contributed by atoms with Gasteiger partial charge < -0.3 is 4.90 Å². The second kappa shape index (κ2) is 6.31. The van der Waals surface area contributed by atoms with Crippen molar-refractivity contribution in [1.82, 2.24) is 4.90 Å². The molecule has 0 aliphatic rings. The molecule has 2 aromatic carbocycles. The van der Waals surface area contributed by atoms with E-state index in [0.717, 1.165) is 19.5 Å². The maximum atomic E-state index is 12.8. The zero-order valence-electron chi connectivity index (χ0n) is 10.6. The van der Waals surface area contributed by atoms with E-state index in [0.29, 0.717) is 0 Å². The van der Waals surface area contributed by atoms with Crippen molar-refractivity contribution in [3.05, 3.63) is 71.5 Å². The normalized spacial score (nSPS) is 10.8. The van der Waals surface area contributed by atoms with Crippen molar-refractivity contribution in [3.8, 4) is 0 Å². The molecular weight excluding hydrogens is 225 g/mol. The van der Waals surface area contributed by atoms with Gasteiger partial charge in [0.1, 0.15) is 5.82 Å². The van der Waals surface area contributed by atoms with Gasteiger partial charge in [-0.05, 0) is 36.7 Å². The molecule has 1 nitrogen and oxygen atoms in total. The molecule has 94 valence electrons. The van der Waals surface area contributed by atoms with Crippen LogP contribution in [0.15, 0.2) is 54.6 Å². The van der Waals surface area contributed by atoms with Gasteiger partial charge in [-0.1, -0.05) is 42.5 Å². The number of halogens is 1. The molecule has 0 saturated heterocycles. The Labute approximate surface area is 108 Å². The number of benzene rings is 2. The molecule has 2 rings (SSSR count). The first-order chi connectivity index (χ1) is 8.74. The van der Waals surface area contributed by atoms with E-state index < -0.39 is 0 Å². The van der Waals surface area contributed by atoms with Gasteiger partial charge in [-0.25, -0.2) is 4.39 Å². The van der Waals surface area contributed by atoms with Gasteiger partial charge >= 0.3 is 0 Å². The molecule has 0 unspecified atom stereocenters. The summed E-state index contributed by atoms with van der Waals surface area (Å²) in [6, 6.07) is 17.2. The third-order valence-corrected chi connectivity index (χ3v) is 2.99. The largest absolute Gasteiger partial charge is 0.302 e. The minimum atomic E-state index is -0.170. The first-order valence-electron chi connectivity index (χ1n) is 6.21. The van der Waals surface area contributed by atoms with Gasteiger partial charge in [0.2, 0.25) is 0 Å². The molecule has 0 atom stereocenters. The van der Waals surface area contributed by atoms with Gasteiger partial charge in [-0.3, -0.25) is 0 Å². The van der Waals surface area contributed by atoms with Crippen LogP contribution >= 0.6 is 0 Å². The molecule has 2 aromatic rings. The van der Waals surface area contributed by atoms with Crippen LogP contribution in [-0.2, 0) is 13.0 Å². The molecule has 0 N–H and O–H groups in total. The molecule has 0 fully saturated rings. The van der Waals surface area contributed by atoms with Crippen LogP contribution in [-0.4, -0.2) is 18.5 Å². The van der Waals surface area contributed by atoms with Crippen molar-refractivity contribution in [2.75, 3.05) is 13.6 Å². The van der Waals surface area contributed by atoms with Crippen molar-refractivity contribution >= 4 is 0 Å². The second-order valence-electron chi connectivity index (χ2n) is 4.60. The SMILES string of the molecule is CN(CCc1ccc(F)cc1)Cc1ccccc1. The summed E-state index contributed by atoms with van der Waals surface area (Å²) in [5.41, 5.74) is 2.50. The lowest BCUT2D eigenvalue weighted by Crippen LogP contribution is -2.20. The number of likely N-dealkylation sites (N-methyl/N-ethyl adjacent to an activating group) is 1. The minimum absolute atomic E-state index is 0.170. The minimum Gasteiger partial charge on any atom is -0.302 e. The third-order valence-electron chi connectivity index (χ3n) is 2.99. The van der Waals surface area contributed by atoms with E-state index in [1.807, 2.05) is 18.2 Å². The van der Waals surface area contributed by atoms with Crippen LogP contribution in [0.25, 0.3) is 0 Å². The van der Waals surface area contributed by atoms with Gasteiger partial charge in [-0.15, -0.1) is 0 Å². The highest BCUT2D eigenvalue weighted by Gasteiger charge is 2.01. The molecule has 0 aromatic heterocycles. The van der Waals surface area contributed by atoms with Crippen LogP contribution in [0.3, 0.4) is 0 Å². The Kier molecular flexibility index (Phi) is 4.48. The van der Waals surface area contributed by atoms with Gasteiger partial charge in [0.15, 0.2) is 0 Å². The number of hydrogen-bond acceptors (Lipinski definition) is 1. The van der Waals surface area contributed by atoms with E-state index in [1.54, 1.807) is 0 Å². The predicted octanol–water partition coefficient (Wildman–Crippen LogP) is 3.50. The van der Waals surface area contributed by atoms with E-state index in [1.165, 1.54) is 23.3 Å². The summed E-state index contributed by atoms with van der Waals surface area (Å²) in [5.74, 6) is -0.170. The zero-order valence-corrected chi connectivity index (χ0v) is 10.6. The standard InChI is InChI=1S/C16H18FN/c1-18(13-15-5-3-2-4-6-15)12-11-14-7-9-16(17)10-8-14/h2-10H,11-13H2,1H3. The summed E-state index contributed by atoms with van der Waals surface area (Å²) in [4.78, 5) is 2.28. The summed E-state index contributed by atoms with van der Waals surface area (Å²) < 4.78 is 12.8.